The Morgan fingerprint density at radius 1 is 1.42 bits per heavy atom. The lowest BCUT2D eigenvalue weighted by Crippen LogP contribution is -2.51. The molecule has 24 heavy (non-hydrogen) atoms. The molecule has 1 N–H and O–H groups in total. The topological polar surface area (TPSA) is 84.4 Å². The number of hydrogen-bond donors (Lipinski definition) is 1. The number of nitrogens with zero attached hydrogens (tertiary/aromatic N) is 3. The predicted octanol–water partition coefficient (Wildman–Crippen LogP) is 2.38. The van der Waals surface area contributed by atoms with E-state index >= 15 is 0 Å². The number of fused-ring (bicyclic) bond motifs is 1. The monoisotopic (exact) mass is 346 g/mol. The SMILES string of the molecule is CCC[C@@H](C(=O)Nc1nnc(C)s1)N1C(=O)COc2ccccc21. The predicted molar refractivity (Wildman–Crippen MR) is 91.4 cm³/mol. The maximum atomic E-state index is 12.8. The summed E-state index contributed by atoms with van der Waals surface area (Å²) in [5.41, 5.74) is 0.621. The van der Waals surface area contributed by atoms with Gasteiger partial charge in [0.15, 0.2) is 6.61 Å². The molecule has 0 unspecified atom stereocenters. The van der Waals surface area contributed by atoms with Crippen molar-refractivity contribution in [1.82, 2.24) is 10.2 Å². The van der Waals surface area contributed by atoms with Crippen molar-refractivity contribution in [3.8, 4) is 5.75 Å². The fourth-order valence-corrected chi connectivity index (χ4v) is 3.24. The van der Waals surface area contributed by atoms with Crippen LogP contribution in [-0.4, -0.2) is 34.7 Å². The number of nitrogens with one attached hydrogen (secondary N) is 1. The van der Waals surface area contributed by atoms with Gasteiger partial charge in [-0.05, 0) is 25.5 Å². The van der Waals surface area contributed by atoms with E-state index < -0.39 is 6.04 Å². The lowest BCUT2D eigenvalue weighted by atomic mass is 10.1. The number of amides is 2. The highest BCUT2D eigenvalue weighted by molar-refractivity contribution is 7.15. The summed E-state index contributed by atoms with van der Waals surface area (Å²) in [6.07, 6.45) is 1.31. The molecule has 7 nitrogen and oxygen atoms in total. The molecule has 2 aromatic rings. The fourth-order valence-electron chi connectivity index (χ4n) is 2.65. The van der Waals surface area contributed by atoms with Gasteiger partial charge in [0, 0.05) is 0 Å². The Balaban J connectivity index is 1.89. The molecule has 8 heteroatoms. The molecule has 0 radical (unpaired) electrons. The van der Waals surface area contributed by atoms with E-state index in [0.717, 1.165) is 11.4 Å². The van der Waals surface area contributed by atoms with Gasteiger partial charge < -0.3 is 4.74 Å². The molecule has 1 aromatic carbocycles. The Morgan fingerprint density at radius 2 is 2.21 bits per heavy atom. The van der Waals surface area contributed by atoms with Crippen LogP contribution in [0.1, 0.15) is 24.8 Å². The second-order valence-electron chi connectivity index (χ2n) is 5.44. The fraction of sp³-hybridized carbons (Fsp3) is 0.375. The maximum Gasteiger partial charge on any atom is 0.265 e. The standard InChI is InChI=1S/C16H18N4O3S/c1-3-6-12(15(22)17-16-19-18-10(2)24-16)20-11-7-4-5-8-13(11)23-9-14(20)21/h4-5,7-8,12H,3,6,9H2,1-2H3,(H,17,19,22)/t12-/m0/s1. The first-order valence-corrected chi connectivity index (χ1v) is 8.56. The quantitative estimate of drug-likeness (QED) is 0.898. The molecule has 0 aliphatic carbocycles. The van der Waals surface area contributed by atoms with Gasteiger partial charge in [-0.15, -0.1) is 10.2 Å². The highest BCUT2D eigenvalue weighted by atomic mass is 32.1. The molecule has 2 amide bonds. The summed E-state index contributed by atoms with van der Waals surface area (Å²) in [6, 6.07) is 6.63. The van der Waals surface area contributed by atoms with Crippen LogP contribution in [-0.2, 0) is 9.59 Å². The minimum Gasteiger partial charge on any atom is -0.482 e. The van der Waals surface area contributed by atoms with Crippen LogP contribution in [0.4, 0.5) is 10.8 Å². The third-order valence-electron chi connectivity index (χ3n) is 3.68. The first-order chi connectivity index (χ1) is 11.6. The Labute approximate surface area is 143 Å². The summed E-state index contributed by atoms with van der Waals surface area (Å²) in [7, 11) is 0. The van der Waals surface area contributed by atoms with Crippen LogP contribution in [0.25, 0.3) is 0 Å². The Bertz CT molecular complexity index is 761. The lowest BCUT2D eigenvalue weighted by molar-refractivity contribution is -0.125. The van der Waals surface area contributed by atoms with Crippen molar-refractivity contribution in [1.29, 1.82) is 0 Å². The van der Waals surface area contributed by atoms with E-state index in [2.05, 4.69) is 15.5 Å². The smallest absolute Gasteiger partial charge is 0.265 e. The molecule has 126 valence electrons. The molecule has 3 rings (SSSR count). The van der Waals surface area contributed by atoms with E-state index in [1.165, 1.54) is 16.2 Å². The lowest BCUT2D eigenvalue weighted by Gasteiger charge is -2.34. The molecule has 0 bridgehead atoms. The van der Waals surface area contributed by atoms with Crippen molar-refractivity contribution in [3.05, 3.63) is 29.3 Å². The van der Waals surface area contributed by atoms with Crippen LogP contribution < -0.4 is 15.0 Å². The maximum absolute atomic E-state index is 12.8. The van der Waals surface area contributed by atoms with Crippen LogP contribution in [0.2, 0.25) is 0 Å². The number of rotatable bonds is 5. The Kier molecular flexibility index (Phi) is 4.75. The average molecular weight is 346 g/mol. The molecule has 1 aromatic heterocycles. The Morgan fingerprint density at radius 3 is 2.92 bits per heavy atom. The number of anilines is 2. The number of carbonyl (C=O) groups is 2. The van der Waals surface area contributed by atoms with E-state index in [1.54, 1.807) is 12.1 Å². The van der Waals surface area contributed by atoms with Crippen LogP contribution in [0.3, 0.4) is 0 Å². The van der Waals surface area contributed by atoms with Crippen molar-refractivity contribution >= 4 is 34.0 Å². The molecule has 2 heterocycles. The number of para-hydroxylation sites is 2. The average Bonchev–Trinajstić information content (AvgIpc) is 2.98. The van der Waals surface area contributed by atoms with Gasteiger partial charge in [-0.25, -0.2) is 0 Å². The second kappa shape index (κ2) is 6.96. The van der Waals surface area contributed by atoms with Gasteiger partial charge in [0.2, 0.25) is 11.0 Å². The van der Waals surface area contributed by atoms with Crippen molar-refractivity contribution in [2.45, 2.75) is 32.7 Å². The highest BCUT2D eigenvalue weighted by Crippen LogP contribution is 2.34. The molecular weight excluding hydrogens is 328 g/mol. The molecule has 0 fully saturated rings. The van der Waals surface area contributed by atoms with E-state index in [0.29, 0.717) is 23.0 Å². The first-order valence-electron chi connectivity index (χ1n) is 7.75. The summed E-state index contributed by atoms with van der Waals surface area (Å²) >= 11 is 1.30. The van der Waals surface area contributed by atoms with Gasteiger partial charge in [-0.3, -0.25) is 19.8 Å². The number of aromatic nitrogens is 2. The van der Waals surface area contributed by atoms with Crippen LogP contribution in [0, 0.1) is 6.92 Å². The number of carbonyl (C=O) groups excluding carboxylic acids is 2. The van der Waals surface area contributed by atoms with Crippen molar-refractivity contribution in [2.75, 3.05) is 16.8 Å². The third kappa shape index (κ3) is 3.23. The minimum atomic E-state index is -0.614. The van der Waals surface area contributed by atoms with E-state index in [1.807, 2.05) is 26.0 Å². The zero-order valence-electron chi connectivity index (χ0n) is 13.5. The van der Waals surface area contributed by atoms with Gasteiger partial charge in [0.05, 0.1) is 5.69 Å². The zero-order valence-corrected chi connectivity index (χ0v) is 14.3. The molecular formula is C16H18N4O3S. The molecule has 0 saturated heterocycles. The summed E-state index contributed by atoms with van der Waals surface area (Å²) in [5.74, 6) is 0.117. The van der Waals surface area contributed by atoms with Crippen molar-refractivity contribution < 1.29 is 14.3 Å². The molecule has 1 aliphatic heterocycles. The minimum absolute atomic E-state index is 0.0670. The molecule has 1 atom stereocenters. The first kappa shape index (κ1) is 16.4. The second-order valence-corrected chi connectivity index (χ2v) is 6.62. The molecule has 0 saturated carbocycles. The summed E-state index contributed by atoms with van der Waals surface area (Å²) in [5, 5.41) is 11.8. The Hall–Kier alpha value is -2.48. The zero-order chi connectivity index (χ0) is 17.1. The van der Waals surface area contributed by atoms with Crippen molar-refractivity contribution in [3.63, 3.8) is 0 Å². The highest BCUT2D eigenvalue weighted by Gasteiger charge is 2.35. The van der Waals surface area contributed by atoms with Gasteiger partial charge >= 0.3 is 0 Å². The van der Waals surface area contributed by atoms with Crippen molar-refractivity contribution in [2.24, 2.45) is 0 Å². The molecule has 0 spiro atoms. The van der Waals surface area contributed by atoms with Crippen LogP contribution in [0.15, 0.2) is 24.3 Å². The summed E-state index contributed by atoms with van der Waals surface area (Å²) < 4.78 is 5.45. The van der Waals surface area contributed by atoms with Gasteiger partial charge in [-0.2, -0.15) is 0 Å². The summed E-state index contributed by atoms with van der Waals surface area (Å²) in [4.78, 5) is 26.7. The summed E-state index contributed by atoms with van der Waals surface area (Å²) in [6.45, 7) is 3.73. The van der Waals surface area contributed by atoms with Gasteiger partial charge in [-0.1, -0.05) is 36.8 Å². The van der Waals surface area contributed by atoms with Gasteiger partial charge in [0.1, 0.15) is 16.8 Å². The largest absolute Gasteiger partial charge is 0.482 e. The van der Waals surface area contributed by atoms with E-state index in [4.69, 9.17) is 4.74 Å². The number of ether oxygens (including phenoxy) is 1. The van der Waals surface area contributed by atoms with Crippen LogP contribution in [0.5, 0.6) is 5.75 Å². The number of hydrogen-bond acceptors (Lipinski definition) is 6. The normalized spacial score (nSPS) is 14.8. The van der Waals surface area contributed by atoms with E-state index in [-0.39, 0.29) is 18.4 Å². The van der Waals surface area contributed by atoms with E-state index in [9.17, 15) is 9.59 Å². The number of aryl methyl sites for hydroxylation is 1. The van der Waals surface area contributed by atoms with Gasteiger partial charge in [0.25, 0.3) is 5.91 Å². The number of benzene rings is 1. The van der Waals surface area contributed by atoms with Crippen LogP contribution >= 0.6 is 11.3 Å². The molecule has 1 aliphatic rings. The third-order valence-corrected chi connectivity index (χ3v) is 4.43.